The van der Waals surface area contributed by atoms with Gasteiger partial charge in [0.1, 0.15) is 4.88 Å². The first-order valence-electron chi connectivity index (χ1n) is 4.47. The molecule has 0 amide bonds. The van der Waals surface area contributed by atoms with Crippen LogP contribution in [0.2, 0.25) is 0 Å². The van der Waals surface area contributed by atoms with E-state index in [1.165, 1.54) is 18.4 Å². The van der Waals surface area contributed by atoms with E-state index in [1.807, 2.05) is 0 Å². The van der Waals surface area contributed by atoms with Crippen molar-refractivity contribution in [3.8, 4) is 0 Å². The minimum Gasteiger partial charge on any atom is -0.465 e. The summed E-state index contributed by atoms with van der Waals surface area (Å²) in [5.41, 5.74) is 0.687. The molecule has 0 radical (unpaired) electrons. The van der Waals surface area contributed by atoms with Crippen molar-refractivity contribution >= 4 is 22.4 Å². The first-order chi connectivity index (χ1) is 7.19. The topological polar surface area (TPSA) is 60.5 Å². The van der Waals surface area contributed by atoms with Crippen LogP contribution in [0.1, 0.15) is 15.4 Å². The van der Waals surface area contributed by atoms with Gasteiger partial charge in [-0.25, -0.2) is 9.78 Å². The number of aryl methyl sites for hydroxylation is 1. The Labute approximate surface area is 92.4 Å². The molecule has 0 saturated carbocycles. The lowest BCUT2D eigenvalue weighted by atomic mass is 10.4. The molecule has 6 heteroatoms. The van der Waals surface area contributed by atoms with Crippen molar-refractivity contribution in [2.75, 3.05) is 32.7 Å². The second-order valence-corrected chi connectivity index (χ2v) is 3.84. The van der Waals surface area contributed by atoms with Gasteiger partial charge in [-0.15, -0.1) is 0 Å². The van der Waals surface area contributed by atoms with Crippen LogP contribution in [0, 0.1) is 6.92 Å². The van der Waals surface area contributed by atoms with Gasteiger partial charge in [0.25, 0.3) is 0 Å². The van der Waals surface area contributed by atoms with Crippen molar-refractivity contribution in [2.24, 2.45) is 0 Å². The maximum atomic E-state index is 11.3. The van der Waals surface area contributed by atoms with Crippen LogP contribution in [0.4, 0.5) is 5.13 Å². The fraction of sp³-hybridized carbons (Fsp3) is 0.556. The van der Waals surface area contributed by atoms with Crippen LogP contribution in [-0.2, 0) is 9.47 Å². The number of aromatic nitrogens is 1. The molecule has 84 valence electrons. The van der Waals surface area contributed by atoms with Crippen molar-refractivity contribution in [2.45, 2.75) is 6.92 Å². The highest BCUT2D eigenvalue weighted by atomic mass is 32.1. The Balaban J connectivity index is 2.64. The number of anilines is 1. The minimum absolute atomic E-state index is 0.343. The molecule has 5 nitrogen and oxygen atoms in total. The van der Waals surface area contributed by atoms with E-state index in [0.717, 1.165) is 0 Å². The van der Waals surface area contributed by atoms with Gasteiger partial charge in [-0.3, -0.25) is 0 Å². The van der Waals surface area contributed by atoms with Crippen LogP contribution < -0.4 is 5.32 Å². The summed E-state index contributed by atoms with van der Waals surface area (Å²) in [6.45, 7) is 3.06. The normalized spacial score (nSPS) is 10.1. The van der Waals surface area contributed by atoms with E-state index in [2.05, 4.69) is 15.0 Å². The number of ether oxygens (including phenoxy) is 2. The van der Waals surface area contributed by atoms with Gasteiger partial charge in [-0.2, -0.15) is 0 Å². The summed E-state index contributed by atoms with van der Waals surface area (Å²) in [4.78, 5) is 16.0. The molecular weight excluding hydrogens is 216 g/mol. The summed E-state index contributed by atoms with van der Waals surface area (Å²) in [6, 6.07) is 0. The first kappa shape index (κ1) is 11.9. The second-order valence-electron chi connectivity index (χ2n) is 2.84. The van der Waals surface area contributed by atoms with E-state index < -0.39 is 0 Å². The third-order valence-electron chi connectivity index (χ3n) is 1.75. The zero-order valence-electron chi connectivity index (χ0n) is 8.99. The molecule has 1 aromatic heterocycles. The highest BCUT2D eigenvalue weighted by Crippen LogP contribution is 2.22. The third kappa shape index (κ3) is 3.17. The van der Waals surface area contributed by atoms with Crippen LogP contribution in [0.5, 0.6) is 0 Å². The van der Waals surface area contributed by atoms with Crippen molar-refractivity contribution in [3.63, 3.8) is 0 Å². The molecule has 1 aromatic rings. The predicted molar refractivity (Wildman–Crippen MR) is 58.6 cm³/mol. The van der Waals surface area contributed by atoms with Gasteiger partial charge in [0, 0.05) is 13.7 Å². The highest BCUT2D eigenvalue weighted by Gasteiger charge is 2.14. The Kier molecular flexibility index (Phi) is 4.51. The molecule has 15 heavy (non-hydrogen) atoms. The molecule has 0 aromatic carbocycles. The van der Waals surface area contributed by atoms with Gasteiger partial charge in [-0.1, -0.05) is 11.3 Å². The van der Waals surface area contributed by atoms with E-state index in [9.17, 15) is 4.79 Å². The minimum atomic E-state index is -0.343. The third-order valence-corrected chi connectivity index (χ3v) is 2.84. The number of rotatable bonds is 5. The summed E-state index contributed by atoms with van der Waals surface area (Å²) in [5, 5.41) is 3.77. The standard InChI is InChI=1S/C9H14N2O3S/c1-6-7(8(12)14-3)15-9(11-6)10-4-5-13-2/h4-5H2,1-3H3,(H,10,11). The fourth-order valence-electron chi connectivity index (χ4n) is 1.01. The number of methoxy groups -OCH3 is 2. The largest absolute Gasteiger partial charge is 0.465 e. The second kappa shape index (κ2) is 5.67. The van der Waals surface area contributed by atoms with Crippen LogP contribution in [0.15, 0.2) is 0 Å². The quantitative estimate of drug-likeness (QED) is 0.610. The molecule has 0 unspecified atom stereocenters. The maximum absolute atomic E-state index is 11.3. The lowest BCUT2D eigenvalue weighted by molar-refractivity contribution is 0.0605. The van der Waals surface area contributed by atoms with Gasteiger partial charge in [0.15, 0.2) is 5.13 Å². The summed E-state index contributed by atoms with van der Waals surface area (Å²) in [6.07, 6.45) is 0. The summed E-state index contributed by atoms with van der Waals surface area (Å²) < 4.78 is 9.53. The number of nitrogens with one attached hydrogen (secondary N) is 1. The smallest absolute Gasteiger partial charge is 0.350 e. The number of nitrogens with zero attached hydrogens (tertiary/aromatic N) is 1. The number of thiazole rings is 1. The van der Waals surface area contributed by atoms with Crippen molar-refractivity contribution in [3.05, 3.63) is 10.6 Å². The van der Waals surface area contributed by atoms with Crippen molar-refractivity contribution in [1.82, 2.24) is 4.98 Å². The van der Waals surface area contributed by atoms with E-state index >= 15 is 0 Å². The van der Waals surface area contributed by atoms with E-state index in [4.69, 9.17) is 4.74 Å². The maximum Gasteiger partial charge on any atom is 0.350 e. The van der Waals surface area contributed by atoms with E-state index in [0.29, 0.717) is 28.9 Å². The van der Waals surface area contributed by atoms with Crippen LogP contribution in [0.25, 0.3) is 0 Å². The Morgan fingerprint density at radius 2 is 2.27 bits per heavy atom. The molecule has 1 N–H and O–H groups in total. The van der Waals surface area contributed by atoms with Crippen molar-refractivity contribution < 1.29 is 14.3 Å². The van der Waals surface area contributed by atoms with Crippen molar-refractivity contribution in [1.29, 1.82) is 0 Å². The monoisotopic (exact) mass is 230 g/mol. The number of carbonyl (C=O) groups excluding carboxylic acids is 1. The van der Waals surface area contributed by atoms with Crippen LogP contribution >= 0.6 is 11.3 Å². The molecule has 0 bridgehead atoms. The lowest BCUT2D eigenvalue weighted by Crippen LogP contribution is -2.06. The lowest BCUT2D eigenvalue weighted by Gasteiger charge is -1.99. The fourth-order valence-corrected chi connectivity index (χ4v) is 1.92. The van der Waals surface area contributed by atoms with Gasteiger partial charge >= 0.3 is 5.97 Å². The number of esters is 1. The Bertz CT molecular complexity index is 338. The van der Waals surface area contributed by atoms with Gasteiger partial charge < -0.3 is 14.8 Å². The average molecular weight is 230 g/mol. The Hall–Kier alpha value is -1.14. The number of hydrogen-bond donors (Lipinski definition) is 1. The molecule has 1 rings (SSSR count). The number of hydrogen-bond acceptors (Lipinski definition) is 6. The molecule has 0 fully saturated rings. The molecule has 0 spiro atoms. The molecule has 0 saturated heterocycles. The molecule has 1 heterocycles. The molecule has 0 aliphatic carbocycles. The SMILES string of the molecule is COCCNc1nc(C)c(C(=O)OC)s1. The summed E-state index contributed by atoms with van der Waals surface area (Å²) in [7, 11) is 2.99. The number of carbonyl (C=O) groups is 1. The molecule has 0 atom stereocenters. The Morgan fingerprint density at radius 1 is 1.53 bits per heavy atom. The summed E-state index contributed by atoms with van der Waals surface area (Å²) in [5.74, 6) is -0.343. The molecular formula is C9H14N2O3S. The Morgan fingerprint density at radius 3 is 2.87 bits per heavy atom. The van der Waals surface area contributed by atoms with Crippen LogP contribution in [0.3, 0.4) is 0 Å². The zero-order valence-corrected chi connectivity index (χ0v) is 9.81. The predicted octanol–water partition coefficient (Wildman–Crippen LogP) is 1.30. The molecule has 0 aliphatic heterocycles. The highest BCUT2D eigenvalue weighted by molar-refractivity contribution is 7.17. The average Bonchev–Trinajstić information content (AvgIpc) is 2.59. The van der Waals surface area contributed by atoms with Gasteiger partial charge in [0.2, 0.25) is 0 Å². The summed E-state index contributed by atoms with van der Waals surface area (Å²) >= 11 is 1.29. The van der Waals surface area contributed by atoms with Gasteiger partial charge in [0.05, 0.1) is 19.4 Å². The first-order valence-corrected chi connectivity index (χ1v) is 5.29. The van der Waals surface area contributed by atoms with Crippen LogP contribution in [-0.4, -0.2) is 38.3 Å². The molecule has 0 aliphatic rings. The van der Waals surface area contributed by atoms with E-state index in [1.54, 1.807) is 14.0 Å². The van der Waals surface area contributed by atoms with E-state index in [-0.39, 0.29) is 5.97 Å². The van der Waals surface area contributed by atoms with Gasteiger partial charge in [-0.05, 0) is 6.92 Å². The zero-order chi connectivity index (χ0) is 11.3.